The first-order valence-electron chi connectivity index (χ1n) is 7.53. The lowest BCUT2D eigenvalue weighted by Gasteiger charge is -2.39. The fraction of sp³-hybridized carbons (Fsp3) is 0.333. The largest absolute Gasteiger partial charge is 0.368 e. The lowest BCUT2D eigenvalue weighted by Crippen LogP contribution is -2.56. The van der Waals surface area contributed by atoms with Crippen LogP contribution < -0.4 is 11.1 Å². The van der Waals surface area contributed by atoms with Gasteiger partial charge < -0.3 is 11.1 Å². The van der Waals surface area contributed by atoms with Gasteiger partial charge in [0, 0.05) is 31.7 Å². The highest BCUT2D eigenvalue weighted by molar-refractivity contribution is 7.18. The zero-order valence-electron chi connectivity index (χ0n) is 12.5. The molecule has 1 fully saturated rings. The van der Waals surface area contributed by atoms with Crippen LogP contribution in [-0.2, 0) is 6.54 Å². The van der Waals surface area contributed by atoms with Crippen LogP contribution in [0.1, 0.15) is 5.69 Å². The normalized spacial score (nSPS) is 18.7. The number of aromatic nitrogens is 1. The van der Waals surface area contributed by atoms with Gasteiger partial charge in [-0.05, 0) is 24.3 Å². The number of thiazole rings is 1. The van der Waals surface area contributed by atoms with E-state index >= 15 is 0 Å². The number of hydrogen-bond donors (Lipinski definition) is 2. The van der Waals surface area contributed by atoms with E-state index < -0.39 is 0 Å². The Morgan fingerprint density at radius 2 is 1.91 bits per heavy atom. The van der Waals surface area contributed by atoms with Gasteiger partial charge in [0.05, 0.1) is 12.2 Å². The summed E-state index contributed by atoms with van der Waals surface area (Å²) in [7, 11) is 0. The molecule has 2 aromatic rings. The minimum absolute atomic E-state index is 0.248. The Kier molecular flexibility index (Phi) is 3.72. The topological polar surface area (TPSA) is 69.8 Å². The summed E-state index contributed by atoms with van der Waals surface area (Å²) in [6.45, 7) is 4.31. The second kappa shape index (κ2) is 5.88. The van der Waals surface area contributed by atoms with Crippen LogP contribution in [0.5, 0.6) is 0 Å². The van der Waals surface area contributed by atoms with Crippen molar-refractivity contribution in [2.75, 3.05) is 26.2 Å². The van der Waals surface area contributed by atoms with Crippen molar-refractivity contribution >= 4 is 22.3 Å². The molecule has 3 N–H and O–H groups in total. The van der Waals surface area contributed by atoms with Crippen LogP contribution >= 0.6 is 11.3 Å². The lowest BCUT2D eigenvalue weighted by atomic mass is 10.2. The number of benzene rings is 1. The number of hydrogen-bond acceptors (Lipinski definition) is 7. The Bertz CT molecular complexity index is 735. The van der Waals surface area contributed by atoms with Crippen LogP contribution in [0.15, 0.2) is 29.3 Å². The molecule has 3 heterocycles. The predicted octanol–water partition coefficient (Wildman–Crippen LogP) is 1.53. The molecule has 1 aromatic carbocycles. The molecule has 0 atom stereocenters. The Morgan fingerprint density at radius 3 is 2.65 bits per heavy atom. The van der Waals surface area contributed by atoms with Crippen LogP contribution in [0.3, 0.4) is 0 Å². The van der Waals surface area contributed by atoms with Gasteiger partial charge in [-0.3, -0.25) is 5.01 Å². The van der Waals surface area contributed by atoms with Gasteiger partial charge in [-0.15, -0.1) is 0 Å². The van der Waals surface area contributed by atoms with Gasteiger partial charge >= 0.3 is 0 Å². The highest BCUT2D eigenvalue weighted by atomic mass is 32.1. The average molecular weight is 332 g/mol. The molecule has 0 aliphatic carbocycles. The highest BCUT2D eigenvalue weighted by Crippen LogP contribution is 2.37. The highest BCUT2D eigenvalue weighted by Gasteiger charge is 2.27. The van der Waals surface area contributed by atoms with Crippen molar-refractivity contribution in [1.29, 1.82) is 0 Å². The van der Waals surface area contributed by atoms with E-state index in [1.165, 1.54) is 23.5 Å². The molecule has 1 saturated heterocycles. The minimum Gasteiger partial charge on any atom is -0.368 e. The van der Waals surface area contributed by atoms with Crippen molar-refractivity contribution in [2.24, 2.45) is 10.7 Å². The summed E-state index contributed by atoms with van der Waals surface area (Å²) in [5, 5.41) is 9.21. The quantitative estimate of drug-likeness (QED) is 0.873. The van der Waals surface area contributed by atoms with Crippen LogP contribution in [0.4, 0.5) is 9.39 Å². The molecule has 1 aromatic heterocycles. The summed E-state index contributed by atoms with van der Waals surface area (Å²) >= 11 is 1.49. The molecule has 2 aliphatic heterocycles. The zero-order chi connectivity index (χ0) is 15.8. The molecule has 0 spiro atoms. The van der Waals surface area contributed by atoms with Crippen LogP contribution in [-0.4, -0.2) is 47.1 Å². The molecular weight excluding hydrogens is 315 g/mol. The van der Waals surface area contributed by atoms with Gasteiger partial charge in [-0.2, -0.15) is 0 Å². The fourth-order valence-corrected chi connectivity index (χ4v) is 3.73. The van der Waals surface area contributed by atoms with Crippen LogP contribution in [0.25, 0.3) is 10.6 Å². The van der Waals surface area contributed by atoms with Gasteiger partial charge in [-0.25, -0.2) is 19.4 Å². The van der Waals surface area contributed by atoms with Crippen molar-refractivity contribution < 1.29 is 4.39 Å². The summed E-state index contributed by atoms with van der Waals surface area (Å²) in [4.78, 5) is 9.19. The van der Waals surface area contributed by atoms with E-state index in [9.17, 15) is 4.39 Å². The third-order valence-corrected chi connectivity index (χ3v) is 5.02. The third kappa shape index (κ3) is 2.80. The zero-order valence-corrected chi connectivity index (χ0v) is 13.3. The maximum absolute atomic E-state index is 13.1. The number of halogens is 1. The number of aliphatic imine (C=N–C) groups is 1. The Balaban J connectivity index is 1.61. The molecule has 120 valence electrons. The molecule has 8 heteroatoms. The Labute approximate surface area is 137 Å². The van der Waals surface area contributed by atoms with E-state index in [1.54, 1.807) is 12.1 Å². The number of rotatable bonds is 2. The molecule has 0 saturated carbocycles. The minimum atomic E-state index is -0.248. The van der Waals surface area contributed by atoms with E-state index in [-0.39, 0.29) is 5.82 Å². The first kappa shape index (κ1) is 14.6. The molecule has 4 rings (SSSR count). The van der Waals surface area contributed by atoms with E-state index in [1.807, 2.05) is 5.01 Å². The lowest BCUT2D eigenvalue weighted by molar-refractivity contribution is 0.0220. The standard InChI is InChI=1S/C15H17FN6S/c16-11-3-1-10(2-4-11)13-19-12-9-22(15(17)20-14(12)23-13)21-7-5-18-6-8-21/h1-4,18H,5-9H2,(H2,17,20). The van der Waals surface area contributed by atoms with Gasteiger partial charge in [0.15, 0.2) is 0 Å². The van der Waals surface area contributed by atoms with Crippen molar-refractivity contribution in [3.8, 4) is 10.6 Å². The summed E-state index contributed by atoms with van der Waals surface area (Å²) in [5.74, 6) is 0.260. The molecule has 2 aliphatic rings. The van der Waals surface area contributed by atoms with E-state index in [0.29, 0.717) is 12.5 Å². The van der Waals surface area contributed by atoms with E-state index in [4.69, 9.17) is 5.73 Å². The van der Waals surface area contributed by atoms with E-state index in [2.05, 4.69) is 20.3 Å². The van der Waals surface area contributed by atoms with E-state index in [0.717, 1.165) is 47.4 Å². The van der Waals surface area contributed by atoms with Gasteiger partial charge in [0.1, 0.15) is 15.8 Å². The Morgan fingerprint density at radius 1 is 1.17 bits per heavy atom. The fourth-order valence-electron chi connectivity index (χ4n) is 2.77. The predicted molar refractivity (Wildman–Crippen MR) is 88.8 cm³/mol. The number of fused-ring (bicyclic) bond motifs is 1. The molecule has 0 amide bonds. The first-order chi connectivity index (χ1) is 11.2. The number of nitrogens with one attached hydrogen (secondary N) is 1. The molecule has 0 unspecified atom stereocenters. The van der Waals surface area contributed by atoms with Gasteiger partial charge in [-0.1, -0.05) is 11.3 Å². The molecule has 0 radical (unpaired) electrons. The number of nitrogens with two attached hydrogens (primary N) is 1. The monoisotopic (exact) mass is 332 g/mol. The van der Waals surface area contributed by atoms with Crippen molar-refractivity contribution in [2.45, 2.75) is 6.54 Å². The van der Waals surface area contributed by atoms with Crippen molar-refractivity contribution in [3.05, 3.63) is 35.8 Å². The van der Waals surface area contributed by atoms with Crippen LogP contribution in [0, 0.1) is 5.82 Å². The molecule has 0 bridgehead atoms. The smallest absolute Gasteiger partial charge is 0.212 e. The Hall–Kier alpha value is -2.03. The number of nitrogens with zero attached hydrogens (tertiary/aromatic N) is 4. The van der Waals surface area contributed by atoms with Crippen LogP contribution in [0.2, 0.25) is 0 Å². The van der Waals surface area contributed by atoms with Crippen molar-refractivity contribution in [3.63, 3.8) is 0 Å². The van der Waals surface area contributed by atoms with Gasteiger partial charge in [0.25, 0.3) is 0 Å². The molecular formula is C15H17FN6S. The summed E-state index contributed by atoms with van der Waals surface area (Å²) in [6, 6.07) is 6.36. The van der Waals surface area contributed by atoms with Crippen molar-refractivity contribution in [1.82, 2.24) is 20.3 Å². The third-order valence-electron chi connectivity index (χ3n) is 3.98. The summed E-state index contributed by atoms with van der Waals surface area (Å²) < 4.78 is 13.1. The maximum atomic E-state index is 13.1. The maximum Gasteiger partial charge on any atom is 0.212 e. The number of hydrazine groups is 1. The van der Waals surface area contributed by atoms with Gasteiger partial charge in [0.2, 0.25) is 5.96 Å². The summed E-state index contributed by atoms with van der Waals surface area (Å²) in [5.41, 5.74) is 7.95. The average Bonchev–Trinajstić information content (AvgIpc) is 2.98. The second-order valence-corrected chi connectivity index (χ2v) is 6.49. The second-order valence-electron chi connectivity index (χ2n) is 5.51. The number of guanidine groups is 1. The first-order valence-corrected chi connectivity index (χ1v) is 8.35. The molecule has 6 nitrogen and oxygen atoms in total. The summed E-state index contributed by atoms with van der Waals surface area (Å²) in [6.07, 6.45) is 0. The number of piperazine rings is 1. The molecule has 23 heavy (non-hydrogen) atoms. The SMILES string of the molecule is NC1=Nc2sc(-c3ccc(F)cc3)nc2CN1N1CCNCC1.